The van der Waals surface area contributed by atoms with Crippen LogP contribution >= 0.6 is 11.3 Å². The molecule has 0 spiro atoms. The molecule has 0 amide bonds. The average molecular weight is 260 g/mol. The van der Waals surface area contributed by atoms with Gasteiger partial charge in [-0.1, -0.05) is 24.3 Å². The lowest BCUT2D eigenvalue weighted by Crippen LogP contribution is -2.23. The number of thiophene rings is 1. The van der Waals surface area contributed by atoms with Crippen molar-refractivity contribution in [2.75, 3.05) is 18.5 Å². The minimum absolute atomic E-state index is 0.598. The van der Waals surface area contributed by atoms with Crippen LogP contribution in [0.3, 0.4) is 0 Å². The highest BCUT2D eigenvalue weighted by atomic mass is 32.1. The van der Waals surface area contributed by atoms with E-state index in [1.165, 1.54) is 21.7 Å². The van der Waals surface area contributed by atoms with Gasteiger partial charge in [0.1, 0.15) is 0 Å². The van der Waals surface area contributed by atoms with E-state index in [0.29, 0.717) is 6.54 Å². The molecule has 3 heteroatoms. The summed E-state index contributed by atoms with van der Waals surface area (Å²) in [6.07, 6.45) is 1.09. The van der Waals surface area contributed by atoms with Gasteiger partial charge in [-0.05, 0) is 35.9 Å². The van der Waals surface area contributed by atoms with Gasteiger partial charge in [0.15, 0.2) is 0 Å². The molecule has 0 fully saturated rings. The van der Waals surface area contributed by atoms with E-state index in [2.05, 4.69) is 54.6 Å². The number of likely N-dealkylation sites (N-methyl/N-ethyl adjacent to an activating group) is 1. The fourth-order valence-electron chi connectivity index (χ4n) is 2.28. The molecule has 2 N–H and O–H groups in total. The van der Waals surface area contributed by atoms with Crippen molar-refractivity contribution in [3.63, 3.8) is 0 Å². The van der Waals surface area contributed by atoms with Crippen LogP contribution in [-0.2, 0) is 13.0 Å². The molecule has 2 aromatic rings. The zero-order valence-electron chi connectivity index (χ0n) is 11.0. The van der Waals surface area contributed by atoms with E-state index in [1.54, 1.807) is 0 Å². The summed E-state index contributed by atoms with van der Waals surface area (Å²) in [5.41, 5.74) is 9.64. The van der Waals surface area contributed by atoms with E-state index in [-0.39, 0.29) is 0 Å². The summed E-state index contributed by atoms with van der Waals surface area (Å²) < 4.78 is 0. The van der Waals surface area contributed by atoms with Crippen LogP contribution in [0.15, 0.2) is 35.7 Å². The zero-order valence-corrected chi connectivity index (χ0v) is 11.8. The Morgan fingerprint density at radius 2 is 2.06 bits per heavy atom. The first kappa shape index (κ1) is 13.1. The van der Waals surface area contributed by atoms with E-state index >= 15 is 0 Å². The molecule has 0 radical (unpaired) electrons. The Kier molecular flexibility index (Phi) is 4.39. The van der Waals surface area contributed by atoms with Crippen LogP contribution in [0.1, 0.15) is 16.0 Å². The smallest absolute Gasteiger partial charge is 0.0438 e. The second-order valence-electron chi connectivity index (χ2n) is 4.54. The van der Waals surface area contributed by atoms with E-state index < -0.39 is 0 Å². The van der Waals surface area contributed by atoms with Crippen molar-refractivity contribution in [1.29, 1.82) is 0 Å². The molecule has 2 nitrogen and oxygen atoms in total. The molecule has 2 rings (SSSR count). The molecule has 96 valence electrons. The first-order valence-corrected chi connectivity index (χ1v) is 7.12. The maximum Gasteiger partial charge on any atom is 0.0438 e. The van der Waals surface area contributed by atoms with Crippen molar-refractivity contribution in [3.8, 4) is 0 Å². The number of hydrogen-bond acceptors (Lipinski definition) is 3. The third-order valence-corrected chi connectivity index (χ3v) is 4.13. The molecule has 0 atom stereocenters. The van der Waals surface area contributed by atoms with Gasteiger partial charge in [-0.3, -0.25) is 0 Å². The van der Waals surface area contributed by atoms with Crippen LogP contribution in [-0.4, -0.2) is 13.6 Å². The van der Waals surface area contributed by atoms with Crippen LogP contribution in [0, 0.1) is 6.92 Å². The fourth-order valence-corrected chi connectivity index (χ4v) is 2.97. The molecule has 1 aromatic carbocycles. The first-order chi connectivity index (χ1) is 8.72. The number of benzene rings is 1. The molecule has 0 aliphatic rings. The average Bonchev–Trinajstić information content (AvgIpc) is 2.88. The first-order valence-electron chi connectivity index (χ1n) is 6.24. The Balaban J connectivity index is 2.10. The number of aryl methyl sites for hydroxylation is 1. The number of hydrogen-bond donors (Lipinski definition) is 1. The Hall–Kier alpha value is -1.32. The molecule has 1 heterocycles. The largest absolute Gasteiger partial charge is 0.374 e. The SMILES string of the molecule is Cc1cccc(CN)c1N(C)CCc1cccs1. The summed E-state index contributed by atoms with van der Waals surface area (Å²) in [7, 11) is 2.15. The van der Waals surface area contributed by atoms with Gasteiger partial charge in [-0.2, -0.15) is 0 Å². The van der Waals surface area contributed by atoms with Gasteiger partial charge in [0.05, 0.1) is 0 Å². The van der Waals surface area contributed by atoms with E-state index in [9.17, 15) is 0 Å². The van der Waals surface area contributed by atoms with Crippen molar-refractivity contribution in [1.82, 2.24) is 0 Å². The Morgan fingerprint density at radius 3 is 2.72 bits per heavy atom. The second-order valence-corrected chi connectivity index (χ2v) is 5.57. The molecule has 0 saturated heterocycles. The number of nitrogens with zero attached hydrogens (tertiary/aromatic N) is 1. The summed E-state index contributed by atoms with van der Waals surface area (Å²) >= 11 is 1.82. The summed E-state index contributed by atoms with van der Waals surface area (Å²) in [4.78, 5) is 3.75. The quantitative estimate of drug-likeness (QED) is 0.894. The molecule has 0 aliphatic heterocycles. The minimum Gasteiger partial charge on any atom is -0.374 e. The Morgan fingerprint density at radius 1 is 1.22 bits per heavy atom. The lowest BCUT2D eigenvalue weighted by atomic mass is 10.1. The lowest BCUT2D eigenvalue weighted by molar-refractivity contribution is 0.870. The molecule has 0 bridgehead atoms. The molecular formula is C15H20N2S. The van der Waals surface area contributed by atoms with Gasteiger partial charge in [-0.25, -0.2) is 0 Å². The third-order valence-electron chi connectivity index (χ3n) is 3.20. The van der Waals surface area contributed by atoms with Crippen molar-refractivity contribution in [2.45, 2.75) is 19.9 Å². The van der Waals surface area contributed by atoms with Crippen molar-refractivity contribution < 1.29 is 0 Å². The minimum atomic E-state index is 0.598. The predicted octanol–water partition coefficient (Wildman–Crippen LogP) is 3.19. The topological polar surface area (TPSA) is 29.3 Å². The maximum absolute atomic E-state index is 5.82. The molecule has 0 unspecified atom stereocenters. The second kappa shape index (κ2) is 6.03. The number of nitrogens with two attached hydrogens (primary N) is 1. The van der Waals surface area contributed by atoms with Gasteiger partial charge >= 0.3 is 0 Å². The number of para-hydroxylation sites is 1. The van der Waals surface area contributed by atoms with Crippen LogP contribution < -0.4 is 10.6 Å². The van der Waals surface area contributed by atoms with Crippen LogP contribution in [0.2, 0.25) is 0 Å². The fraction of sp³-hybridized carbons (Fsp3) is 0.333. The highest BCUT2D eigenvalue weighted by Crippen LogP contribution is 2.24. The van der Waals surface area contributed by atoms with Crippen LogP contribution in [0.4, 0.5) is 5.69 Å². The molecule has 18 heavy (non-hydrogen) atoms. The van der Waals surface area contributed by atoms with Gasteiger partial charge in [-0.15, -0.1) is 11.3 Å². The van der Waals surface area contributed by atoms with Gasteiger partial charge in [0.2, 0.25) is 0 Å². The molecule has 1 aromatic heterocycles. The molecule has 0 aliphatic carbocycles. The molecule has 0 saturated carbocycles. The van der Waals surface area contributed by atoms with E-state index in [4.69, 9.17) is 5.73 Å². The van der Waals surface area contributed by atoms with Crippen LogP contribution in [0.5, 0.6) is 0 Å². The Labute approximate surface area is 113 Å². The summed E-state index contributed by atoms with van der Waals surface area (Å²) in [6, 6.07) is 10.6. The predicted molar refractivity (Wildman–Crippen MR) is 80.4 cm³/mol. The monoisotopic (exact) mass is 260 g/mol. The van der Waals surface area contributed by atoms with E-state index in [1.807, 2.05) is 11.3 Å². The standard InChI is InChI=1S/C15H20N2S/c1-12-5-3-6-13(11-16)15(12)17(2)9-8-14-7-4-10-18-14/h3-7,10H,8-9,11,16H2,1-2H3. The zero-order chi connectivity index (χ0) is 13.0. The number of anilines is 1. The highest BCUT2D eigenvalue weighted by Gasteiger charge is 2.09. The van der Waals surface area contributed by atoms with Crippen molar-refractivity contribution in [3.05, 3.63) is 51.7 Å². The number of rotatable bonds is 5. The van der Waals surface area contributed by atoms with Crippen molar-refractivity contribution >= 4 is 17.0 Å². The summed E-state index contributed by atoms with van der Waals surface area (Å²) in [5.74, 6) is 0. The maximum atomic E-state index is 5.82. The summed E-state index contributed by atoms with van der Waals surface area (Å²) in [6.45, 7) is 3.77. The van der Waals surface area contributed by atoms with E-state index in [0.717, 1.165) is 13.0 Å². The van der Waals surface area contributed by atoms with Gasteiger partial charge in [0, 0.05) is 30.7 Å². The van der Waals surface area contributed by atoms with Gasteiger partial charge < -0.3 is 10.6 Å². The third kappa shape index (κ3) is 2.92. The Bertz CT molecular complexity index is 491. The lowest BCUT2D eigenvalue weighted by Gasteiger charge is -2.24. The molecular weight excluding hydrogens is 240 g/mol. The van der Waals surface area contributed by atoms with Gasteiger partial charge in [0.25, 0.3) is 0 Å². The summed E-state index contributed by atoms with van der Waals surface area (Å²) in [5, 5.41) is 2.13. The van der Waals surface area contributed by atoms with Crippen molar-refractivity contribution in [2.24, 2.45) is 5.73 Å². The normalized spacial score (nSPS) is 10.6. The van der Waals surface area contributed by atoms with Crippen LogP contribution in [0.25, 0.3) is 0 Å². The highest BCUT2D eigenvalue weighted by molar-refractivity contribution is 7.09.